The third-order valence-electron chi connectivity index (χ3n) is 9.87. The van der Waals surface area contributed by atoms with Crippen LogP contribution in [0.2, 0.25) is 0 Å². The predicted octanol–water partition coefficient (Wildman–Crippen LogP) is 11.0. The molecule has 0 aromatic carbocycles. The zero-order chi connectivity index (χ0) is 43.4. The molecule has 0 amide bonds. The van der Waals surface area contributed by atoms with Crippen molar-refractivity contribution in [2.45, 2.75) is 185 Å². The van der Waals surface area contributed by atoms with Crippen LogP contribution in [0.5, 0.6) is 0 Å². The Morgan fingerprint density at radius 2 is 1.27 bits per heavy atom. The van der Waals surface area contributed by atoms with Crippen molar-refractivity contribution >= 4 is 19.9 Å². The van der Waals surface area contributed by atoms with Crippen molar-refractivity contribution in [1.29, 1.82) is 0 Å². The fourth-order valence-electron chi connectivity index (χ4n) is 6.57. The van der Waals surface area contributed by atoms with Gasteiger partial charge in [0.15, 0.2) is 12.4 Å². The molecule has 0 spiro atoms. The molecule has 0 bridgehead atoms. The lowest BCUT2D eigenvalue weighted by molar-refractivity contribution is -0.296. The number of aliphatic hydroxyl groups excluding tert-OH is 1. The van der Waals surface area contributed by atoms with Gasteiger partial charge in [0.25, 0.3) is 0 Å². The van der Waals surface area contributed by atoms with E-state index in [1.165, 1.54) is 69.6 Å². The minimum absolute atomic E-state index is 0.0917. The quantitative estimate of drug-likeness (QED) is 0.0270. The van der Waals surface area contributed by atoms with Crippen LogP contribution in [0.15, 0.2) is 50.1 Å². The van der Waals surface area contributed by atoms with Gasteiger partial charge >= 0.3 is 19.9 Å². The van der Waals surface area contributed by atoms with Gasteiger partial charge in [0.1, 0.15) is 31.5 Å². The highest BCUT2D eigenvalue weighted by molar-refractivity contribution is 7.48. The Balaban J connectivity index is 3.05. The Morgan fingerprint density at radius 3 is 1.86 bits per heavy atom. The van der Waals surface area contributed by atoms with Gasteiger partial charge in [-0.2, -0.15) is 0 Å². The molecule has 6 atom stereocenters. The fourth-order valence-corrected chi connectivity index (χ4v) is 7.89. The second-order valence-corrected chi connectivity index (χ2v) is 16.5. The van der Waals surface area contributed by atoms with E-state index in [9.17, 15) is 19.3 Å². The highest BCUT2D eigenvalue weighted by Crippen LogP contribution is 2.52. The van der Waals surface area contributed by atoms with Crippen molar-refractivity contribution in [2.24, 2.45) is 0 Å². The summed E-state index contributed by atoms with van der Waals surface area (Å²) in [6.07, 6.45) is 21.9. The minimum Gasteiger partial charge on any atom is -0.454 e. The number of rotatable bonds is 39. The molecule has 1 heterocycles. The van der Waals surface area contributed by atoms with E-state index in [2.05, 4.69) is 45.7 Å². The van der Waals surface area contributed by atoms with Gasteiger partial charge in [0.05, 0.1) is 19.3 Å². The van der Waals surface area contributed by atoms with Crippen LogP contribution in [0.4, 0.5) is 4.79 Å². The van der Waals surface area contributed by atoms with Gasteiger partial charge in [-0.25, -0.2) is 9.36 Å². The van der Waals surface area contributed by atoms with Crippen LogP contribution in [0, 0.1) is 0 Å². The largest absolute Gasteiger partial charge is 0.508 e. The summed E-state index contributed by atoms with van der Waals surface area (Å²) in [6.45, 7) is 14.2. The summed E-state index contributed by atoms with van der Waals surface area (Å²) in [5.74, 6) is -0.565. The van der Waals surface area contributed by atoms with Gasteiger partial charge in [0, 0.05) is 20.1 Å². The fraction of sp³-hybridized carbons (Fsp3) is 0.778. The average Bonchev–Trinajstić information content (AvgIpc) is 3.23. The van der Waals surface area contributed by atoms with E-state index < -0.39 is 57.3 Å². The lowest BCUT2D eigenvalue weighted by Crippen LogP contribution is -2.61. The minimum atomic E-state index is -4.41. The number of aliphatic hydroxyl groups is 1. The first kappa shape index (κ1) is 54.7. The number of unbranched alkanes of at least 4 members (excludes halogenated alkanes) is 15. The summed E-state index contributed by atoms with van der Waals surface area (Å²) in [4.78, 5) is 25.6. The average molecular weight is 859 g/mol. The number of allylic oxidation sites excluding steroid dienone is 2. The molecule has 1 saturated heterocycles. The molecule has 0 saturated carbocycles. The maximum absolute atomic E-state index is 14.0. The van der Waals surface area contributed by atoms with Crippen LogP contribution in [0.25, 0.3) is 0 Å². The number of carbonyl (C=O) groups excluding carboxylic acids is 2. The number of methoxy groups -OCH3 is 1. The molecule has 1 rings (SSSR count). The molecular weight excluding hydrogens is 779 g/mol. The molecule has 0 aromatic rings. The number of ether oxygens (including phenoxy) is 6. The SMILES string of the molecule is C=CCOC(=O)OC[C@H]1OC(O)[C@H](OC(=O)CCCCCCCCCC=CCCCCCC)[C@@H](OCC[C@@H](CCCCCCC)OC)[C@@H]1OP(=O)(OCC=C)OCC=C. The summed E-state index contributed by atoms with van der Waals surface area (Å²) in [7, 11) is -2.76. The van der Waals surface area contributed by atoms with Gasteiger partial charge in [-0.15, -0.1) is 13.2 Å². The first-order valence-electron chi connectivity index (χ1n) is 22.2. The van der Waals surface area contributed by atoms with E-state index in [0.717, 1.165) is 64.2 Å². The predicted molar refractivity (Wildman–Crippen MR) is 231 cm³/mol. The molecule has 1 unspecified atom stereocenters. The van der Waals surface area contributed by atoms with Crippen LogP contribution >= 0.6 is 7.82 Å². The number of esters is 1. The van der Waals surface area contributed by atoms with Gasteiger partial charge in [-0.1, -0.05) is 134 Å². The van der Waals surface area contributed by atoms with Gasteiger partial charge in [-0.05, 0) is 44.9 Å². The van der Waals surface area contributed by atoms with Gasteiger partial charge in [0.2, 0.25) is 0 Å². The molecule has 1 aliphatic heterocycles. The van der Waals surface area contributed by atoms with Crippen LogP contribution in [0.1, 0.15) is 149 Å². The highest BCUT2D eigenvalue weighted by Gasteiger charge is 2.52. The smallest absolute Gasteiger partial charge is 0.454 e. The van der Waals surface area contributed by atoms with Gasteiger partial charge in [-0.3, -0.25) is 18.4 Å². The standard InChI is InChI=1S/C45H79O13P/c1-7-12-14-16-17-18-19-20-21-22-23-24-25-27-29-31-40(46)57-43-42(51-36-32-38(50-6)30-28-26-15-13-8-2)41(58-59(49,54-34-10-4)55-35-11-5)39(56-44(43)47)37-53-45(48)52-33-9-3/h9-11,18-19,38-39,41-44,47H,3-5,7-8,12-17,20-37H2,1-2,6H3/t38-,39-,41-,42+,43-,44?/m1/s1. The summed E-state index contributed by atoms with van der Waals surface area (Å²) in [5, 5.41) is 11.3. The molecule has 59 heavy (non-hydrogen) atoms. The first-order valence-corrected chi connectivity index (χ1v) is 23.7. The van der Waals surface area contributed by atoms with Crippen molar-refractivity contribution < 1.29 is 61.3 Å². The van der Waals surface area contributed by atoms with Crippen LogP contribution in [0.3, 0.4) is 0 Å². The number of hydrogen-bond donors (Lipinski definition) is 1. The zero-order valence-corrected chi connectivity index (χ0v) is 37.5. The molecular formula is C45H79O13P. The van der Waals surface area contributed by atoms with Gasteiger partial charge < -0.3 is 33.5 Å². The molecule has 0 radical (unpaired) electrons. The summed E-state index contributed by atoms with van der Waals surface area (Å²) >= 11 is 0. The van der Waals surface area contributed by atoms with E-state index in [0.29, 0.717) is 12.8 Å². The van der Waals surface area contributed by atoms with E-state index >= 15 is 0 Å². The second kappa shape index (κ2) is 36.3. The normalized spacial score (nSPS) is 20.0. The highest BCUT2D eigenvalue weighted by atomic mass is 31.2. The molecule has 13 nitrogen and oxygen atoms in total. The molecule has 0 aromatic heterocycles. The van der Waals surface area contributed by atoms with Crippen LogP contribution < -0.4 is 0 Å². The number of carbonyl (C=O) groups is 2. The van der Waals surface area contributed by atoms with Crippen LogP contribution in [-0.4, -0.2) is 94.2 Å². The van der Waals surface area contributed by atoms with E-state index in [1.54, 1.807) is 7.11 Å². The van der Waals surface area contributed by atoms with E-state index in [4.69, 9.17) is 42.0 Å². The summed E-state index contributed by atoms with van der Waals surface area (Å²) in [5.41, 5.74) is 0. The van der Waals surface area contributed by atoms with E-state index in [1.807, 2.05) is 0 Å². The zero-order valence-electron chi connectivity index (χ0n) is 36.7. The Bertz CT molecular complexity index is 1160. The summed E-state index contributed by atoms with van der Waals surface area (Å²) in [6, 6.07) is 0. The third kappa shape index (κ3) is 26.6. The molecule has 342 valence electrons. The molecule has 0 aliphatic carbocycles. The third-order valence-corrected chi connectivity index (χ3v) is 11.3. The maximum Gasteiger partial charge on any atom is 0.508 e. The monoisotopic (exact) mass is 859 g/mol. The van der Waals surface area contributed by atoms with Crippen molar-refractivity contribution in [3.63, 3.8) is 0 Å². The van der Waals surface area contributed by atoms with Crippen LogP contribution in [-0.2, 0) is 51.4 Å². The maximum atomic E-state index is 14.0. The second-order valence-electron chi connectivity index (χ2n) is 14.9. The molecule has 1 fully saturated rings. The van der Waals surface area contributed by atoms with Crippen molar-refractivity contribution in [3.8, 4) is 0 Å². The first-order chi connectivity index (χ1) is 28.7. The molecule has 1 N–H and O–H groups in total. The lowest BCUT2D eigenvalue weighted by Gasteiger charge is -2.44. The Morgan fingerprint density at radius 1 is 0.712 bits per heavy atom. The Hall–Kier alpha value is -2.35. The number of phosphoric ester groups is 1. The van der Waals surface area contributed by atoms with Crippen molar-refractivity contribution in [2.75, 3.05) is 40.1 Å². The Kier molecular flexibility index (Phi) is 33.7. The Labute approximate surface area is 356 Å². The van der Waals surface area contributed by atoms with E-state index in [-0.39, 0.29) is 39.0 Å². The summed E-state index contributed by atoms with van der Waals surface area (Å²) < 4.78 is 64.9. The molecule has 1 aliphatic rings. The number of phosphoric acid groups is 1. The molecule has 14 heteroatoms. The number of hydrogen-bond acceptors (Lipinski definition) is 13. The van der Waals surface area contributed by atoms with Crippen molar-refractivity contribution in [3.05, 3.63) is 50.1 Å². The topological polar surface area (TPSA) is 155 Å². The van der Waals surface area contributed by atoms with Crippen molar-refractivity contribution in [1.82, 2.24) is 0 Å². The lowest BCUT2D eigenvalue weighted by atomic mass is 9.98.